The van der Waals surface area contributed by atoms with Crippen molar-refractivity contribution in [2.75, 3.05) is 11.5 Å². The number of aryl methyl sites for hydroxylation is 2. The molecule has 96 valence electrons. The third-order valence-corrected chi connectivity index (χ3v) is 5.01. The van der Waals surface area contributed by atoms with Crippen molar-refractivity contribution in [1.82, 2.24) is 9.78 Å². The molecule has 0 bridgehead atoms. The van der Waals surface area contributed by atoms with E-state index < -0.39 is 5.60 Å². The molecule has 0 radical (unpaired) electrons. The second-order valence-electron chi connectivity index (χ2n) is 6.14. The Hall–Kier alpha value is -0.480. The number of rotatable bonds is 2. The molecular formula is C13H22N2OS. The third kappa shape index (κ3) is 3.05. The van der Waals surface area contributed by atoms with Gasteiger partial charge in [-0.1, -0.05) is 13.8 Å². The van der Waals surface area contributed by atoms with Gasteiger partial charge in [-0.15, -0.1) is 0 Å². The molecule has 1 aromatic rings. The van der Waals surface area contributed by atoms with E-state index in [1.165, 1.54) is 0 Å². The fourth-order valence-corrected chi connectivity index (χ4v) is 4.13. The fourth-order valence-electron chi connectivity index (χ4n) is 2.79. The highest BCUT2D eigenvalue weighted by atomic mass is 32.2. The van der Waals surface area contributed by atoms with Gasteiger partial charge in [-0.05, 0) is 30.6 Å². The Morgan fingerprint density at radius 3 is 2.71 bits per heavy atom. The molecule has 1 N–H and O–H groups in total. The molecule has 4 heteroatoms. The summed E-state index contributed by atoms with van der Waals surface area (Å²) in [5, 5.41) is 15.1. The van der Waals surface area contributed by atoms with Crippen LogP contribution in [-0.4, -0.2) is 32.0 Å². The van der Waals surface area contributed by atoms with Gasteiger partial charge in [-0.25, -0.2) is 0 Å². The zero-order valence-corrected chi connectivity index (χ0v) is 12.0. The zero-order chi connectivity index (χ0) is 12.7. The third-order valence-electron chi connectivity index (χ3n) is 3.28. The minimum atomic E-state index is -0.577. The molecule has 0 aromatic carbocycles. The summed E-state index contributed by atoms with van der Waals surface area (Å²) in [6.45, 7) is 6.46. The van der Waals surface area contributed by atoms with Crippen molar-refractivity contribution in [3.63, 3.8) is 0 Å². The van der Waals surface area contributed by atoms with Crippen LogP contribution in [-0.2, 0) is 13.5 Å². The average Bonchev–Trinajstić information content (AvgIpc) is 2.41. The van der Waals surface area contributed by atoms with Crippen molar-refractivity contribution in [2.45, 2.75) is 39.2 Å². The molecule has 1 aliphatic heterocycles. The molecule has 2 heterocycles. The van der Waals surface area contributed by atoms with Gasteiger partial charge >= 0.3 is 0 Å². The van der Waals surface area contributed by atoms with E-state index >= 15 is 0 Å². The number of aromatic nitrogens is 2. The van der Waals surface area contributed by atoms with E-state index in [1.54, 1.807) is 0 Å². The lowest BCUT2D eigenvalue weighted by atomic mass is 9.80. The lowest BCUT2D eigenvalue weighted by Gasteiger charge is -2.41. The van der Waals surface area contributed by atoms with Crippen LogP contribution in [0.2, 0.25) is 0 Å². The van der Waals surface area contributed by atoms with Crippen LogP contribution in [0.25, 0.3) is 0 Å². The van der Waals surface area contributed by atoms with Crippen LogP contribution in [0.3, 0.4) is 0 Å². The van der Waals surface area contributed by atoms with Crippen molar-refractivity contribution in [3.8, 4) is 0 Å². The predicted octanol–water partition coefficient (Wildman–Crippen LogP) is 2.17. The average molecular weight is 254 g/mol. The molecule has 0 amide bonds. The van der Waals surface area contributed by atoms with Gasteiger partial charge < -0.3 is 5.11 Å². The first kappa shape index (κ1) is 13.0. The number of hydrogen-bond acceptors (Lipinski definition) is 3. The first-order valence-electron chi connectivity index (χ1n) is 6.09. The molecule has 1 fully saturated rings. The standard InChI is InChI=1S/C13H22N2OS/c1-10-5-11(15(4)14-10)6-13(16)7-12(2,3)8-17-9-13/h5,16H,6-9H2,1-4H3. The number of nitrogens with zero attached hydrogens (tertiary/aromatic N) is 2. The minimum Gasteiger partial charge on any atom is -0.389 e. The van der Waals surface area contributed by atoms with E-state index in [2.05, 4.69) is 25.0 Å². The molecule has 1 aliphatic rings. The van der Waals surface area contributed by atoms with E-state index in [0.29, 0.717) is 6.42 Å². The highest BCUT2D eigenvalue weighted by Crippen LogP contribution is 2.40. The molecule has 0 aliphatic carbocycles. The quantitative estimate of drug-likeness (QED) is 0.879. The van der Waals surface area contributed by atoms with E-state index in [9.17, 15) is 5.11 Å². The van der Waals surface area contributed by atoms with Gasteiger partial charge in [0, 0.05) is 24.9 Å². The summed E-state index contributed by atoms with van der Waals surface area (Å²) in [4.78, 5) is 0. The second-order valence-corrected chi connectivity index (χ2v) is 7.12. The molecule has 2 rings (SSSR count). The summed E-state index contributed by atoms with van der Waals surface area (Å²) >= 11 is 1.86. The largest absolute Gasteiger partial charge is 0.389 e. The Bertz CT molecular complexity index is 414. The molecular weight excluding hydrogens is 232 g/mol. The summed E-state index contributed by atoms with van der Waals surface area (Å²) in [7, 11) is 1.95. The van der Waals surface area contributed by atoms with E-state index in [-0.39, 0.29) is 5.41 Å². The van der Waals surface area contributed by atoms with Crippen molar-refractivity contribution < 1.29 is 5.11 Å². The van der Waals surface area contributed by atoms with Gasteiger partial charge in [0.25, 0.3) is 0 Å². The van der Waals surface area contributed by atoms with E-state index in [1.807, 2.05) is 30.4 Å². The molecule has 1 atom stereocenters. The van der Waals surface area contributed by atoms with Gasteiger partial charge in [0.1, 0.15) is 0 Å². The summed E-state index contributed by atoms with van der Waals surface area (Å²) in [5.41, 5.74) is 1.80. The Kier molecular flexibility index (Phi) is 3.29. The van der Waals surface area contributed by atoms with Gasteiger partial charge in [0.15, 0.2) is 0 Å². The Labute approximate surface area is 108 Å². The normalized spacial score (nSPS) is 28.3. The Morgan fingerprint density at radius 2 is 2.18 bits per heavy atom. The molecule has 0 saturated carbocycles. The maximum absolute atomic E-state index is 10.7. The van der Waals surface area contributed by atoms with Gasteiger partial charge in [-0.2, -0.15) is 16.9 Å². The number of hydrogen-bond donors (Lipinski definition) is 1. The smallest absolute Gasteiger partial charge is 0.0798 e. The first-order chi connectivity index (χ1) is 7.80. The van der Waals surface area contributed by atoms with Crippen LogP contribution in [0.1, 0.15) is 31.7 Å². The molecule has 1 saturated heterocycles. The number of aliphatic hydroxyl groups is 1. The van der Waals surface area contributed by atoms with Crippen molar-refractivity contribution in [2.24, 2.45) is 12.5 Å². The zero-order valence-electron chi connectivity index (χ0n) is 11.2. The van der Waals surface area contributed by atoms with Gasteiger partial charge in [0.05, 0.1) is 11.3 Å². The molecule has 0 spiro atoms. The van der Waals surface area contributed by atoms with Crippen LogP contribution in [0.5, 0.6) is 0 Å². The molecule has 1 aromatic heterocycles. The predicted molar refractivity (Wildman–Crippen MR) is 72.3 cm³/mol. The summed E-state index contributed by atoms with van der Waals surface area (Å²) in [6.07, 6.45) is 1.58. The van der Waals surface area contributed by atoms with E-state index in [0.717, 1.165) is 29.3 Å². The maximum Gasteiger partial charge on any atom is 0.0798 e. The molecule has 3 nitrogen and oxygen atoms in total. The topological polar surface area (TPSA) is 38.0 Å². The number of thioether (sulfide) groups is 1. The lowest BCUT2D eigenvalue weighted by molar-refractivity contribution is 0.0184. The van der Waals surface area contributed by atoms with Gasteiger partial charge in [0.2, 0.25) is 0 Å². The SMILES string of the molecule is Cc1cc(CC2(O)CSCC(C)(C)C2)n(C)n1. The summed E-state index contributed by atoms with van der Waals surface area (Å²) in [6, 6.07) is 2.07. The lowest BCUT2D eigenvalue weighted by Crippen LogP contribution is -2.44. The Balaban J connectivity index is 2.14. The maximum atomic E-state index is 10.7. The van der Waals surface area contributed by atoms with Crippen LogP contribution >= 0.6 is 11.8 Å². The Morgan fingerprint density at radius 1 is 1.47 bits per heavy atom. The highest BCUT2D eigenvalue weighted by molar-refractivity contribution is 7.99. The highest BCUT2D eigenvalue weighted by Gasteiger charge is 2.39. The fraction of sp³-hybridized carbons (Fsp3) is 0.769. The van der Waals surface area contributed by atoms with Crippen molar-refractivity contribution >= 4 is 11.8 Å². The molecule has 17 heavy (non-hydrogen) atoms. The van der Waals surface area contributed by atoms with Crippen LogP contribution in [0.4, 0.5) is 0 Å². The van der Waals surface area contributed by atoms with Crippen molar-refractivity contribution in [3.05, 3.63) is 17.5 Å². The monoisotopic (exact) mass is 254 g/mol. The minimum absolute atomic E-state index is 0.227. The van der Waals surface area contributed by atoms with Crippen molar-refractivity contribution in [1.29, 1.82) is 0 Å². The first-order valence-corrected chi connectivity index (χ1v) is 7.25. The van der Waals surface area contributed by atoms with Crippen LogP contribution in [0, 0.1) is 12.3 Å². The van der Waals surface area contributed by atoms with E-state index in [4.69, 9.17) is 0 Å². The summed E-state index contributed by atoms with van der Waals surface area (Å²) in [5.74, 6) is 1.97. The second kappa shape index (κ2) is 4.32. The molecule has 1 unspecified atom stereocenters. The van der Waals surface area contributed by atoms with Gasteiger partial charge in [-0.3, -0.25) is 4.68 Å². The van der Waals surface area contributed by atoms with Crippen LogP contribution < -0.4 is 0 Å². The summed E-state index contributed by atoms with van der Waals surface area (Å²) < 4.78 is 1.89. The van der Waals surface area contributed by atoms with Crippen LogP contribution in [0.15, 0.2) is 6.07 Å².